The van der Waals surface area contributed by atoms with Gasteiger partial charge in [0.15, 0.2) is 12.0 Å². The van der Waals surface area contributed by atoms with Crippen LogP contribution in [0.15, 0.2) is 34.7 Å². The second-order valence-corrected chi connectivity index (χ2v) is 4.65. The normalized spacial score (nSPS) is 11.1. The van der Waals surface area contributed by atoms with Crippen molar-refractivity contribution in [3.05, 3.63) is 41.9 Å². The van der Waals surface area contributed by atoms with Crippen LogP contribution in [0, 0.1) is 0 Å². The molecule has 4 nitrogen and oxygen atoms in total. The Balaban J connectivity index is 2.13. The van der Waals surface area contributed by atoms with Crippen molar-refractivity contribution in [3.63, 3.8) is 0 Å². The lowest BCUT2D eigenvalue weighted by molar-refractivity contribution is 0.110. The summed E-state index contributed by atoms with van der Waals surface area (Å²) in [4.78, 5) is 15.3. The standard InChI is InChI=1S/C16H16N2O2/c1-3-16-17-13-9-11(5-7-14(13)18(16)4-2)15-8-6-12(10-19)20-15/h5-10H,3-4H2,1-2H3. The molecule has 0 N–H and O–H groups in total. The fourth-order valence-corrected chi connectivity index (χ4v) is 2.53. The van der Waals surface area contributed by atoms with E-state index in [2.05, 4.69) is 29.5 Å². The van der Waals surface area contributed by atoms with Gasteiger partial charge in [-0.25, -0.2) is 4.98 Å². The van der Waals surface area contributed by atoms with E-state index in [0.717, 1.165) is 35.4 Å². The summed E-state index contributed by atoms with van der Waals surface area (Å²) in [6, 6.07) is 9.55. The Labute approximate surface area is 117 Å². The summed E-state index contributed by atoms with van der Waals surface area (Å²) in [5.41, 5.74) is 3.04. The van der Waals surface area contributed by atoms with Crippen LogP contribution < -0.4 is 0 Å². The first-order valence-electron chi connectivity index (χ1n) is 6.81. The molecule has 3 aromatic rings. The fourth-order valence-electron chi connectivity index (χ4n) is 2.53. The molecule has 0 atom stereocenters. The summed E-state index contributed by atoms with van der Waals surface area (Å²) in [7, 11) is 0. The van der Waals surface area contributed by atoms with Crippen molar-refractivity contribution in [3.8, 4) is 11.3 Å². The van der Waals surface area contributed by atoms with Crippen LogP contribution in [0.2, 0.25) is 0 Å². The zero-order valence-corrected chi connectivity index (χ0v) is 11.6. The zero-order valence-electron chi connectivity index (χ0n) is 11.6. The van der Waals surface area contributed by atoms with Crippen LogP contribution in [0.1, 0.15) is 30.2 Å². The van der Waals surface area contributed by atoms with Gasteiger partial charge in [-0.15, -0.1) is 0 Å². The number of carbonyl (C=O) groups is 1. The van der Waals surface area contributed by atoms with E-state index in [-0.39, 0.29) is 0 Å². The molecule has 2 aromatic heterocycles. The molecule has 0 aliphatic carbocycles. The maximum absolute atomic E-state index is 10.7. The Morgan fingerprint density at radius 2 is 2.10 bits per heavy atom. The number of imidazole rings is 1. The molecule has 0 fully saturated rings. The number of aryl methyl sites for hydroxylation is 2. The van der Waals surface area contributed by atoms with Crippen LogP contribution in [0.4, 0.5) is 0 Å². The first kappa shape index (κ1) is 12.7. The lowest BCUT2D eigenvalue weighted by Gasteiger charge is -2.03. The van der Waals surface area contributed by atoms with Crippen LogP contribution in [0.3, 0.4) is 0 Å². The number of rotatable bonds is 4. The largest absolute Gasteiger partial charge is 0.453 e. The maximum Gasteiger partial charge on any atom is 0.185 e. The molecule has 2 heterocycles. The van der Waals surface area contributed by atoms with Crippen molar-refractivity contribution in [2.45, 2.75) is 26.8 Å². The van der Waals surface area contributed by atoms with Crippen LogP contribution >= 0.6 is 0 Å². The van der Waals surface area contributed by atoms with Crippen LogP contribution in [0.5, 0.6) is 0 Å². The fraction of sp³-hybridized carbons (Fsp3) is 0.250. The molecule has 0 amide bonds. The van der Waals surface area contributed by atoms with Gasteiger partial charge in [-0.3, -0.25) is 4.79 Å². The van der Waals surface area contributed by atoms with E-state index in [9.17, 15) is 4.79 Å². The van der Waals surface area contributed by atoms with Crippen molar-refractivity contribution in [1.29, 1.82) is 0 Å². The summed E-state index contributed by atoms with van der Waals surface area (Å²) in [6.45, 7) is 5.14. The third kappa shape index (κ3) is 1.93. The lowest BCUT2D eigenvalue weighted by atomic mass is 10.1. The number of benzene rings is 1. The van der Waals surface area contributed by atoms with Crippen molar-refractivity contribution < 1.29 is 9.21 Å². The highest BCUT2D eigenvalue weighted by molar-refractivity contribution is 5.82. The summed E-state index contributed by atoms with van der Waals surface area (Å²) in [6.07, 6.45) is 1.62. The van der Waals surface area contributed by atoms with Gasteiger partial charge in [0.25, 0.3) is 0 Å². The van der Waals surface area contributed by atoms with Gasteiger partial charge in [0.1, 0.15) is 11.6 Å². The van der Waals surface area contributed by atoms with E-state index in [1.807, 2.05) is 18.2 Å². The van der Waals surface area contributed by atoms with Crippen molar-refractivity contribution in [2.75, 3.05) is 0 Å². The first-order valence-corrected chi connectivity index (χ1v) is 6.81. The molecule has 0 aliphatic heterocycles. The monoisotopic (exact) mass is 268 g/mol. The number of hydrogen-bond donors (Lipinski definition) is 0. The third-order valence-electron chi connectivity index (χ3n) is 3.49. The molecule has 0 bridgehead atoms. The molecule has 20 heavy (non-hydrogen) atoms. The number of fused-ring (bicyclic) bond motifs is 1. The molecule has 0 aliphatic rings. The Morgan fingerprint density at radius 3 is 2.75 bits per heavy atom. The first-order chi connectivity index (χ1) is 9.76. The second kappa shape index (κ2) is 4.96. The van der Waals surface area contributed by atoms with Crippen LogP contribution in [0.25, 0.3) is 22.4 Å². The highest BCUT2D eigenvalue weighted by Gasteiger charge is 2.10. The number of aldehydes is 1. The van der Waals surface area contributed by atoms with E-state index in [4.69, 9.17) is 4.42 Å². The molecule has 0 saturated carbocycles. The molecule has 0 spiro atoms. The summed E-state index contributed by atoms with van der Waals surface area (Å²) < 4.78 is 7.68. The molecule has 0 unspecified atom stereocenters. The van der Waals surface area contributed by atoms with Crippen molar-refractivity contribution in [2.24, 2.45) is 0 Å². The Hall–Kier alpha value is -2.36. The number of aromatic nitrogens is 2. The smallest absolute Gasteiger partial charge is 0.185 e. The predicted molar refractivity (Wildman–Crippen MR) is 77.9 cm³/mol. The lowest BCUT2D eigenvalue weighted by Crippen LogP contribution is -1.99. The number of nitrogens with zero attached hydrogens (tertiary/aromatic N) is 2. The van der Waals surface area contributed by atoms with Crippen molar-refractivity contribution in [1.82, 2.24) is 9.55 Å². The highest BCUT2D eigenvalue weighted by atomic mass is 16.3. The maximum atomic E-state index is 10.7. The Morgan fingerprint density at radius 1 is 1.25 bits per heavy atom. The van der Waals surface area contributed by atoms with Gasteiger partial charge in [-0.1, -0.05) is 6.92 Å². The van der Waals surface area contributed by atoms with E-state index in [1.165, 1.54) is 0 Å². The minimum atomic E-state index is 0.341. The van der Waals surface area contributed by atoms with Gasteiger partial charge >= 0.3 is 0 Å². The van der Waals surface area contributed by atoms with Gasteiger partial charge in [0.05, 0.1) is 11.0 Å². The molecular weight excluding hydrogens is 252 g/mol. The average molecular weight is 268 g/mol. The van der Waals surface area contributed by atoms with Gasteiger partial charge in [0.2, 0.25) is 0 Å². The number of hydrogen-bond acceptors (Lipinski definition) is 3. The second-order valence-electron chi connectivity index (χ2n) is 4.65. The molecule has 102 valence electrons. The number of furan rings is 1. The van der Waals surface area contributed by atoms with E-state index in [1.54, 1.807) is 6.07 Å². The third-order valence-corrected chi connectivity index (χ3v) is 3.49. The molecule has 0 radical (unpaired) electrons. The zero-order chi connectivity index (χ0) is 14.1. The average Bonchev–Trinajstić information content (AvgIpc) is 3.09. The van der Waals surface area contributed by atoms with Crippen LogP contribution in [-0.2, 0) is 13.0 Å². The molecule has 1 aromatic carbocycles. The molecule has 0 saturated heterocycles. The summed E-state index contributed by atoms with van der Waals surface area (Å²) in [5.74, 6) is 2.12. The Bertz CT molecular complexity index is 768. The van der Waals surface area contributed by atoms with Crippen LogP contribution in [-0.4, -0.2) is 15.8 Å². The van der Waals surface area contributed by atoms with Crippen molar-refractivity contribution >= 4 is 17.3 Å². The summed E-state index contributed by atoms with van der Waals surface area (Å²) in [5, 5.41) is 0. The minimum Gasteiger partial charge on any atom is -0.453 e. The summed E-state index contributed by atoms with van der Waals surface area (Å²) >= 11 is 0. The van der Waals surface area contributed by atoms with E-state index < -0.39 is 0 Å². The van der Waals surface area contributed by atoms with Gasteiger partial charge in [0, 0.05) is 18.5 Å². The van der Waals surface area contributed by atoms with Gasteiger partial charge in [-0.05, 0) is 37.3 Å². The highest BCUT2D eigenvalue weighted by Crippen LogP contribution is 2.26. The van der Waals surface area contributed by atoms with E-state index >= 15 is 0 Å². The Kier molecular flexibility index (Phi) is 3.14. The molecule has 4 heteroatoms. The SMILES string of the molecule is CCc1nc2cc(-c3ccc(C=O)o3)ccc2n1CC. The van der Waals surface area contributed by atoms with Gasteiger partial charge < -0.3 is 8.98 Å². The van der Waals surface area contributed by atoms with Gasteiger partial charge in [-0.2, -0.15) is 0 Å². The molecular formula is C16H16N2O2. The topological polar surface area (TPSA) is 48.0 Å². The molecule has 3 rings (SSSR count). The minimum absolute atomic E-state index is 0.341. The quantitative estimate of drug-likeness (QED) is 0.678. The number of carbonyl (C=O) groups excluding carboxylic acids is 1. The van der Waals surface area contributed by atoms with E-state index in [0.29, 0.717) is 17.8 Å². The predicted octanol–water partition coefficient (Wildman–Crippen LogP) is 3.69.